The largest absolute Gasteiger partial charge is 0.497 e. The number of carbonyl (C=O) groups excluding carboxylic acids is 2. The van der Waals surface area contributed by atoms with E-state index >= 15 is 0 Å². The van der Waals surface area contributed by atoms with Gasteiger partial charge in [-0.3, -0.25) is 4.79 Å². The van der Waals surface area contributed by atoms with Gasteiger partial charge in [0.25, 0.3) is 5.22 Å². The molecule has 1 aliphatic rings. The Labute approximate surface area is 193 Å². The SMILES string of the molecule is COC(=O)c1c(NC(=O)CSc2nnc(-c3cccc(OC)c3)o2)sc2c1CCCCC2. The number of thiophene rings is 1. The molecule has 0 unspecified atom stereocenters. The average Bonchev–Trinajstić information content (AvgIpc) is 3.35. The predicted molar refractivity (Wildman–Crippen MR) is 123 cm³/mol. The van der Waals surface area contributed by atoms with Crippen molar-refractivity contribution in [2.45, 2.75) is 37.3 Å². The Morgan fingerprint density at radius 2 is 2.03 bits per heavy atom. The number of aryl methyl sites for hydroxylation is 1. The molecule has 0 saturated carbocycles. The van der Waals surface area contributed by atoms with E-state index in [0.29, 0.717) is 22.2 Å². The molecule has 0 bridgehead atoms. The third kappa shape index (κ3) is 4.97. The van der Waals surface area contributed by atoms with E-state index < -0.39 is 5.97 Å². The Bertz CT molecular complexity index is 1120. The first-order valence-corrected chi connectivity index (χ1v) is 12.0. The molecule has 0 saturated heterocycles. The van der Waals surface area contributed by atoms with Crippen molar-refractivity contribution in [2.75, 3.05) is 25.3 Å². The zero-order valence-electron chi connectivity index (χ0n) is 17.8. The number of esters is 1. The zero-order valence-corrected chi connectivity index (χ0v) is 19.4. The highest BCUT2D eigenvalue weighted by molar-refractivity contribution is 7.99. The number of thioether (sulfide) groups is 1. The number of nitrogens with one attached hydrogen (secondary N) is 1. The van der Waals surface area contributed by atoms with Crippen LogP contribution in [0.5, 0.6) is 5.75 Å². The van der Waals surface area contributed by atoms with Crippen LogP contribution in [0.15, 0.2) is 33.9 Å². The van der Waals surface area contributed by atoms with E-state index in [1.807, 2.05) is 18.2 Å². The molecular weight excluding hydrogens is 450 g/mol. The lowest BCUT2D eigenvalue weighted by atomic mass is 10.1. The predicted octanol–water partition coefficient (Wildman–Crippen LogP) is 4.59. The maximum Gasteiger partial charge on any atom is 0.341 e. The molecule has 8 nitrogen and oxygen atoms in total. The fraction of sp³-hybridized carbons (Fsp3) is 0.364. The number of rotatable bonds is 7. The number of hydrogen-bond acceptors (Lipinski definition) is 9. The third-order valence-corrected chi connectivity index (χ3v) is 7.14. The van der Waals surface area contributed by atoms with Gasteiger partial charge < -0.3 is 19.2 Å². The summed E-state index contributed by atoms with van der Waals surface area (Å²) in [6, 6.07) is 7.29. The molecule has 2 aromatic heterocycles. The summed E-state index contributed by atoms with van der Waals surface area (Å²) >= 11 is 2.60. The number of aromatic nitrogens is 2. The lowest BCUT2D eigenvalue weighted by Gasteiger charge is -2.07. The minimum atomic E-state index is -0.410. The van der Waals surface area contributed by atoms with Gasteiger partial charge in [0.05, 0.1) is 25.5 Å². The fourth-order valence-electron chi connectivity index (χ4n) is 3.58. The van der Waals surface area contributed by atoms with Gasteiger partial charge in [0.1, 0.15) is 10.8 Å². The molecule has 10 heteroatoms. The first-order valence-electron chi connectivity index (χ1n) is 10.2. The Kier molecular flexibility index (Phi) is 7.11. The van der Waals surface area contributed by atoms with E-state index in [4.69, 9.17) is 13.9 Å². The Hall–Kier alpha value is -2.85. The normalized spacial score (nSPS) is 13.2. The molecule has 1 aromatic carbocycles. The lowest BCUT2D eigenvalue weighted by Crippen LogP contribution is -2.16. The molecular formula is C22H23N3O5S2. The third-order valence-electron chi connectivity index (χ3n) is 5.11. The van der Waals surface area contributed by atoms with Crippen molar-refractivity contribution in [3.63, 3.8) is 0 Å². The number of methoxy groups -OCH3 is 2. The molecule has 168 valence electrons. The first-order chi connectivity index (χ1) is 15.6. The summed E-state index contributed by atoms with van der Waals surface area (Å²) in [4.78, 5) is 26.2. The highest BCUT2D eigenvalue weighted by Gasteiger charge is 2.26. The average molecular weight is 474 g/mol. The number of carbonyl (C=O) groups is 2. The van der Waals surface area contributed by atoms with Gasteiger partial charge in [0, 0.05) is 10.4 Å². The number of hydrogen-bond donors (Lipinski definition) is 1. The first kappa shape index (κ1) is 22.3. The maximum absolute atomic E-state index is 12.6. The van der Waals surface area contributed by atoms with Crippen molar-refractivity contribution in [1.82, 2.24) is 10.2 Å². The monoisotopic (exact) mass is 473 g/mol. The molecule has 3 aromatic rings. The number of benzene rings is 1. The number of amides is 1. The van der Waals surface area contributed by atoms with Crippen molar-refractivity contribution in [3.05, 3.63) is 40.3 Å². The van der Waals surface area contributed by atoms with Gasteiger partial charge in [-0.25, -0.2) is 4.79 Å². The molecule has 0 atom stereocenters. The van der Waals surface area contributed by atoms with Gasteiger partial charge in [-0.1, -0.05) is 24.2 Å². The van der Waals surface area contributed by atoms with E-state index in [2.05, 4.69) is 15.5 Å². The molecule has 1 aliphatic carbocycles. The van der Waals surface area contributed by atoms with Gasteiger partial charge in [-0.05, 0) is 49.4 Å². The molecule has 0 spiro atoms. The quantitative estimate of drug-likeness (QED) is 0.302. The molecule has 0 radical (unpaired) electrons. The summed E-state index contributed by atoms with van der Waals surface area (Å²) in [7, 11) is 2.95. The molecule has 0 fully saturated rings. The Balaban J connectivity index is 1.43. The van der Waals surface area contributed by atoms with Crippen LogP contribution in [0.1, 0.15) is 40.1 Å². The van der Waals surface area contributed by atoms with Crippen LogP contribution in [0, 0.1) is 0 Å². The van der Waals surface area contributed by atoms with Gasteiger partial charge >= 0.3 is 5.97 Å². The van der Waals surface area contributed by atoms with E-state index in [0.717, 1.165) is 59.9 Å². The van der Waals surface area contributed by atoms with Crippen molar-refractivity contribution in [1.29, 1.82) is 0 Å². The van der Waals surface area contributed by atoms with Gasteiger partial charge in [-0.2, -0.15) is 0 Å². The Morgan fingerprint density at radius 3 is 2.84 bits per heavy atom. The Morgan fingerprint density at radius 1 is 1.19 bits per heavy atom. The summed E-state index contributed by atoms with van der Waals surface area (Å²) in [5.74, 6) is 0.444. The highest BCUT2D eigenvalue weighted by Crippen LogP contribution is 2.38. The van der Waals surface area contributed by atoms with Crippen LogP contribution in [0.3, 0.4) is 0 Å². The van der Waals surface area contributed by atoms with Gasteiger partial charge in [0.15, 0.2) is 0 Å². The van der Waals surface area contributed by atoms with Gasteiger partial charge in [-0.15, -0.1) is 21.5 Å². The van der Waals surface area contributed by atoms with Crippen molar-refractivity contribution in [2.24, 2.45) is 0 Å². The minimum absolute atomic E-state index is 0.0723. The van der Waals surface area contributed by atoms with Crippen LogP contribution in [-0.2, 0) is 22.4 Å². The number of anilines is 1. The molecule has 32 heavy (non-hydrogen) atoms. The maximum atomic E-state index is 12.6. The van der Waals surface area contributed by atoms with Gasteiger partial charge in [0.2, 0.25) is 11.8 Å². The molecule has 1 N–H and O–H groups in total. The van der Waals surface area contributed by atoms with Crippen LogP contribution in [0.25, 0.3) is 11.5 Å². The minimum Gasteiger partial charge on any atom is -0.497 e. The number of nitrogens with zero attached hydrogens (tertiary/aromatic N) is 2. The standard InChI is InChI=1S/C22H23N3O5S2/c1-28-14-8-6-7-13(11-14)19-24-25-22(30-19)31-12-17(26)23-20-18(21(27)29-2)15-9-4-3-5-10-16(15)32-20/h6-8,11H,3-5,9-10,12H2,1-2H3,(H,23,26). The lowest BCUT2D eigenvalue weighted by molar-refractivity contribution is -0.113. The van der Waals surface area contributed by atoms with Crippen LogP contribution >= 0.6 is 23.1 Å². The van der Waals surface area contributed by atoms with Crippen molar-refractivity contribution < 1.29 is 23.5 Å². The van der Waals surface area contributed by atoms with E-state index in [-0.39, 0.29) is 16.9 Å². The second-order valence-electron chi connectivity index (χ2n) is 7.20. The summed E-state index contributed by atoms with van der Waals surface area (Å²) in [6.45, 7) is 0. The van der Waals surface area contributed by atoms with Crippen LogP contribution < -0.4 is 10.1 Å². The second kappa shape index (κ2) is 10.2. The summed E-state index contributed by atoms with van der Waals surface area (Å²) < 4.78 is 15.9. The summed E-state index contributed by atoms with van der Waals surface area (Å²) in [5.41, 5.74) is 2.24. The molecule has 1 amide bonds. The van der Waals surface area contributed by atoms with E-state index in [1.54, 1.807) is 13.2 Å². The molecule has 4 rings (SSSR count). The van der Waals surface area contributed by atoms with Crippen LogP contribution in [0.2, 0.25) is 0 Å². The topological polar surface area (TPSA) is 104 Å². The van der Waals surface area contributed by atoms with Crippen molar-refractivity contribution in [3.8, 4) is 17.2 Å². The van der Waals surface area contributed by atoms with E-state index in [1.165, 1.54) is 18.4 Å². The zero-order chi connectivity index (χ0) is 22.5. The van der Waals surface area contributed by atoms with Crippen molar-refractivity contribution >= 4 is 40.0 Å². The number of fused-ring (bicyclic) bond motifs is 1. The smallest absolute Gasteiger partial charge is 0.341 e. The summed E-state index contributed by atoms with van der Waals surface area (Å²) in [5, 5.41) is 11.8. The van der Waals surface area contributed by atoms with E-state index in [9.17, 15) is 9.59 Å². The second-order valence-corrected chi connectivity index (χ2v) is 9.23. The molecule has 0 aliphatic heterocycles. The fourth-order valence-corrected chi connectivity index (χ4v) is 5.44. The van der Waals surface area contributed by atoms with Crippen LogP contribution in [0.4, 0.5) is 5.00 Å². The molecule has 2 heterocycles. The number of ether oxygens (including phenoxy) is 2. The highest BCUT2D eigenvalue weighted by atomic mass is 32.2. The summed E-state index contributed by atoms with van der Waals surface area (Å²) in [6.07, 6.45) is 5.01. The van der Waals surface area contributed by atoms with Crippen LogP contribution in [-0.4, -0.2) is 42.0 Å².